The molecule has 3 aromatic carbocycles. The zero-order valence-corrected chi connectivity index (χ0v) is 17.0. The van der Waals surface area contributed by atoms with Gasteiger partial charge in [-0.05, 0) is 43.2 Å². The van der Waals surface area contributed by atoms with Gasteiger partial charge >= 0.3 is 0 Å². The maximum Gasteiger partial charge on any atom is 0.252 e. The molecule has 4 rings (SSSR count). The van der Waals surface area contributed by atoms with Crippen molar-refractivity contribution < 1.29 is 4.79 Å². The number of aryl methyl sites for hydroxylation is 3. The molecule has 1 atom stereocenters. The van der Waals surface area contributed by atoms with Crippen molar-refractivity contribution in [2.45, 2.75) is 26.3 Å². The van der Waals surface area contributed by atoms with Crippen LogP contribution in [0.25, 0.3) is 11.0 Å². The second-order valence-corrected chi connectivity index (χ2v) is 7.53. The topological polar surface area (TPSA) is 46.9 Å². The quantitative estimate of drug-likeness (QED) is 0.533. The Kier molecular flexibility index (Phi) is 5.17. The van der Waals surface area contributed by atoms with Crippen molar-refractivity contribution in [2.24, 2.45) is 7.05 Å². The van der Waals surface area contributed by atoms with E-state index < -0.39 is 0 Å². The van der Waals surface area contributed by atoms with Gasteiger partial charge in [0.05, 0.1) is 17.1 Å². The monoisotopic (exact) mass is 383 g/mol. The van der Waals surface area contributed by atoms with Crippen molar-refractivity contribution in [3.05, 3.63) is 101 Å². The van der Waals surface area contributed by atoms with E-state index in [2.05, 4.69) is 28.1 Å². The number of carbonyl (C=O) groups is 1. The SMILES string of the molecule is Cc1ccc(C)c(C(=O)NC(Cc2nc3ccccc3n2C)c2ccccc2)c1. The Morgan fingerprint density at radius 3 is 2.48 bits per heavy atom. The van der Waals surface area contributed by atoms with Crippen molar-refractivity contribution in [3.8, 4) is 0 Å². The number of carbonyl (C=O) groups excluding carboxylic acids is 1. The Balaban J connectivity index is 1.67. The summed E-state index contributed by atoms with van der Waals surface area (Å²) in [7, 11) is 2.03. The summed E-state index contributed by atoms with van der Waals surface area (Å²) in [5.74, 6) is 0.889. The van der Waals surface area contributed by atoms with E-state index in [1.165, 1.54) is 0 Å². The number of amides is 1. The summed E-state index contributed by atoms with van der Waals surface area (Å²) < 4.78 is 2.11. The molecule has 0 radical (unpaired) electrons. The Hall–Kier alpha value is -3.40. The molecule has 0 aliphatic rings. The number of aromatic nitrogens is 2. The molecule has 0 saturated heterocycles. The molecule has 0 fully saturated rings. The van der Waals surface area contributed by atoms with E-state index in [1.54, 1.807) is 0 Å². The lowest BCUT2D eigenvalue weighted by Gasteiger charge is -2.20. The van der Waals surface area contributed by atoms with Crippen LogP contribution in [0.5, 0.6) is 0 Å². The number of para-hydroxylation sites is 2. The zero-order chi connectivity index (χ0) is 20.4. The minimum Gasteiger partial charge on any atom is -0.345 e. The molecule has 1 aromatic heterocycles. The van der Waals surface area contributed by atoms with Gasteiger partial charge in [0, 0.05) is 19.0 Å². The normalized spacial score (nSPS) is 12.1. The second-order valence-electron chi connectivity index (χ2n) is 7.53. The number of rotatable bonds is 5. The molecule has 0 aliphatic carbocycles. The van der Waals surface area contributed by atoms with Crippen LogP contribution in [0.4, 0.5) is 0 Å². The van der Waals surface area contributed by atoms with Crippen molar-refractivity contribution in [3.63, 3.8) is 0 Å². The number of imidazole rings is 1. The average molecular weight is 383 g/mol. The van der Waals surface area contributed by atoms with Gasteiger partial charge in [-0.1, -0.05) is 60.2 Å². The lowest BCUT2D eigenvalue weighted by molar-refractivity contribution is 0.0935. The average Bonchev–Trinajstić information content (AvgIpc) is 3.05. The van der Waals surface area contributed by atoms with Gasteiger partial charge in [0.15, 0.2) is 0 Å². The van der Waals surface area contributed by atoms with Gasteiger partial charge in [0.1, 0.15) is 5.82 Å². The van der Waals surface area contributed by atoms with Crippen LogP contribution in [0.15, 0.2) is 72.8 Å². The molecule has 4 aromatic rings. The van der Waals surface area contributed by atoms with Gasteiger partial charge in [0.2, 0.25) is 0 Å². The number of hydrogen-bond acceptors (Lipinski definition) is 2. The molecular weight excluding hydrogens is 358 g/mol. The predicted octanol–water partition coefficient (Wildman–Crippen LogP) is 4.90. The molecule has 1 amide bonds. The van der Waals surface area contributed by atoms with E-state index in [1.807, 2.05) is 75.5 Å². The number of nitrogens with zero attached hydrogens (tertiary/aromatic N) is 2. The summed E-state index contributed by atoms with van der Waals surface area (Å²) in [6.07, 6.45) is 0.617. The maximum atomic E-state index is 13.1. The third kappa shape index (κ3) is 3.92. The first-order valence-electron chi connectivity index (χ1n) is 9.86. The molecule has 0 saturated carbocycles. The third-order valence-electron chi connectivity index (χ3n) is 5.41. The fraction of sp³-hybridized carbons (Fsp3) is 0.200. The Labute approximate surface area is 171 Å². The van der Waals surface area contributed by atoms with Gasteiger partial charge < -0.3 is 9.88 Å². The van der Waals surface area contributed by atoms with Crippen molar-refractivity contribution in [1.29, 1.82) is 0 Å². The smallest absolute Gasteiger partial charge is 0.252 e. The number of fused-ring (bicyclic) bond motifs is 1. The van der Waals surface area contributed by atoms with E-state index in [4.69, 9.17) is 4.98 Å². The number of benzene rings is 3. The number of nitrogens with one attached hydrogen (secondary N) is 1. The van der Waals surface area contributed by atoms with E-state index in [0.29, 0.717) is 6.42 Å². The predicted molar refractivity (Wildman–Crippen MR) is 117 cm³/mol. The highest BCUT2D eigenvalue weighted by molar-refractivity contribution is 5.96. The van der Waals surface area contributed by atoms with Gasteiger partial charge in [-0.25, -0.2) is 4.98 Å². The van der Waals surface area contributed by atoms with Crippen LogP contribution in [0.1, 0.15) is 38.9 Å². The van der Waals surface area contributed by atoms with Crippen LogP contribution in [-0.2, 0) is 13.5 Å². The first-order chi connectivity index (χ1) is 14.0. The highest BCUT2D eigenvalue weighted by Crippen LogP contribution is 2.22. The lowest BCUT2D eigenvalue weighted by atomic mass is 10.0. The minimum atomic E-state index is -0.167. The largest absolute Gasteiger partial charge is 0.345 e. The molecule has 0 aliphatic heterocycles. The van der Waals surface area contributed by atoms with Crippen molar-refractivity contribution in [2.75, 3.05) is 0 Å². The molecule has 1 heterocycles. The molecule has 146 valence electrons. The summed E-state index contributed by atoms with van der Waals surface area (Å²) in [6.45, 7) is 3.97. The fourth-order valence-electron chi connectivity index (χ4n) is 3.71. The highest BCUT2D eigenvalue weighted by atomic mass is 16.1. The Morgan fingerprint density at radius 1 is 1.00 bits per heavy atom. The molecule has 1 unspecified atom stereocenters. The second kappa shape index (κ2) is 7.92. The summed E-state index contributed by atoms with van der Waals surface area (Å²) >= 11 is 0. The van der Waals surface area contributed by atoms with Crippen LogP contribution in [0.2, 0.25) is 0 Å². The fourth-order valence-corrected chi connectivity index (χ4v) is 3.71. The van der Waals surface area contributed by atoms with E-state index in [0.717, 1.165) is 39.1 Å². The maximum absolute atomic E-state index is 13.1. The van der Waals surface area contributed by atoms with Crippen LogP contribution in [-0.4, -0.2) is 15.5 Å². The van der Waals surface area contributed by atoms with E-state index >= 15 is 0 Å². The van der Waals surface area contributed by atoms with Gasteiger partial charge in [-0.2, -0.15) is 0 Å². The molecule has 4 nitrogen and oxygen atoms in total. The van der Waals surface area contributed by atoms with E-state index in [-0.39, 0.29) is 11.9 Å². The van der Waals surface area contributed by atoms with Crippen LogP contribution < -0.4 is 5.32 Å². The summed E-state index contributed by atoms with van der Waals surface area (Å²) in [5.41, 5.74) is 5.90. The summed E-state index contributed by atoms with van der Waals surface area (Å²) in [6, 6.07) is 24.0. The first-order valence-corrected chi connectivity index (χ1v) is 9.86. The standard InChI is InChI=1S/C25H25N3O/c1-17-13-14-18(2)20(15-17)25(29)27-22(19-9-5-4-6-10-19)16-24-26-21-11-7-8-12-23(21)28(24)3/h4-15,22H,16H2,1-3H3,(H,27,29). The Bertz CT molecular complexity index is 1160. The van der Waals surface area contributed by atoms with Crippen LogP contribution in [0.3, 0.4) is 0 Å². The molecule has 0 spiro atoms. The Morgan fingerprint density at radius 2 is 1.72 bits per heavy atom. The molecule has 29 heavy (non-hydrogen) atoms. The molecule has 4 heteroatoms. The van der Waals surface area contributed by atoms with Gasteiger partial charge in [0.25, 0.3) is 5.91 Å². The summed E-state index contributed by atoms with van der Waals surface area (Å²) in [5, 5.41) is 3.25. The minimum absolute atomic E-state index is 0.0567. The molecule has 1 N–H and O–H groups in total. The van der Waals surface area contributed by atoms with Crippen molar-refractivity contribution >= 4 is 16.9 Å². The highest BCUT2D eigenvalue weighted by Gasteiger charge is 2.20. The third-order valence-corrected chi connectivity index (χ3v) is 5.41. The molecule has 0 bridgehead atoms. The summed E-state index contributed by atoms with van der Waals surface area (Å²) in [4.78, 5) is 17.9. The molecular formula is C25H25N3O. The van der Waals surface area contributed by atoms with Crippen LogP contribution >= 0.6 is 0 Å². The van der Waals surface area contributed by atoms with Crippen LogP contribution in [0, 0.1) is 13.8 Å². The van der Waals surface area contributed by atoms with Gasteiger partial charge in [-0.3, -0.25) is 4.79 Å². The number of hydrogen-bond donors (Lipinski definition) is 1. The van der Waals surface area contributed by atoms with Crippen molar-refractivity contribution in [1.82, 2.24) is 14.9 Å². The zero-order valence-electron chi connectivity index (χ0n) is 17.0. The van der Waals surface area contributed by atoms with E-state index in [9.17, 15) is 4.79 Å². The van der Waals surface area contributed by atoms with Gasteiger partial charge in [-0.15, -0.1) is 0 Å². The lowest BCUT2D eigenvalue weighted by Crippen LogP contribution is -2.31. The first kappa shape index (κ1) is 18.9.